The Morgan fingerprint density at radius 1 is 0.964 bits per heavy atom. The van der Waals surface area contributed by atoms with E-state index in [1.807, 2.05) is 0 Å². The number of ether oxygens (including phenoxy) is 2. The van der Waals surface area contributed by atoms with Crippen LogP contribution in [-0.4, -0.2) is 25.3 Å². The van der Waals surface area contributed by atoms with Gasteiger partial charge in [0.05, 0.1) is 18.9 Å². The second kappa shape index (κ2) is 7.44. The molecule has 4 aromatic rings. The summed E-state index contributed by atoms with van der Waals surface area (Å²) in [5.74, 6) is 0.918. The number of carbonyl (C=O) groups is 2. The number of Topliss-reactive ketones (excluding diaryl/α,β-unsaturated/α-hetero) is 1. The van der Waals surface area contributed by atoms with Gasteiger partial charge in [-0.25, -0.2) is 0 Å². The van der Waals surface area contributed by atoms with Crippen LogP contribution in [0.1, 0.15) is 26.5 Å². The smallest absolute Gasteiger partial charge is 0.232 e. The predicted octanol–water partition coefficient (Wildman–Crippen LogP) is 4.53. The van der Waals surface area contributed by atoms with Crippen molar-refractivity contribution >= 4 is 22.5 Å². The predicted molar refractivity (Wildman–Crippen MR) is 101 cm³/mol. The summed E-state index contributed by atoms with van der Waals surface area (Å²) in [7, 11) is 1.57. The van der Waals surface area contributed by atoms with Crippen LogP contribution < -0.4 is 9.47 Å². The topological polar surface area (TPSA) is 78.9 Å². The summed E-state index contributed by atoms with van der Waals surface area (Å²) in [6.07, 6.45) is 2.83. The Kier molecular flexibility index (Phi) is 4.68. The molecule has 0 amide bonds. The zero-order chi connectivity index (χ0) is 19.5. The lowest BCUT2D eigenvalue weighted by molar-refractivity contribution is 0.0921. The van der Waals surface area contributed by atoms with Crippen molar-refractivity contribution in [2.24, 2.45) is 0 Å². The van der Waals surface area contributed by atoms with Crippen molar-refractivity contribution in [3.8, 4) is 11.5 Å². The van der Waals surface area contributed by atoms with Crippen molar-refractivity contribution in [2.45, 2.75) is 0 Å². The average molecular weight is 376 g/mol. The van der Waals surface area contributed by atoms with Crippen molar-refractivity contribution in [2.75, 3.05) is 13.7 Å². The van der Waals surface area contributed by atoms with Crippen molar-refractivity contribution in [1.82, 2.24) is 0 Å². The van der Waals surface area contributed by atoms with Gasteiger partial charge in [-0.15, -0.1) is 0 Å². The molecule has 140 valence electrons. The molecule has 0 spiro atoms. The second-order valence-electron chi connectivity index (χ2n) is 6.05. The first-order valence-electron chi connectivity index (χ1n) is 8.55. The molecule has 0 aliphatic heterocycles. The second-order valence-corrected chi connectivity index (χ2v) is 6.05. The summed E-state index contributed by atoms with van der Waals surface area (Å²) in [5.41, 5.74) is 1.44. The van der Waals surface area contributed by atoms with Crippen LogP contribution in [-0.2, 0) is 0 Å². The Labute approximate surface area is 160 Å². The van der Waals surface area contributed by atoms with Crippen LogP contribution in [0, 0.1) is 0 Å². The zero-order valence-electron chi connectivity index (χ0n) is 15.0. The standard InChI is InChI=1S/C22H16O6/c1-25-15-6-4-14(5-7-15)19(23)13-27-16-8-9-20-17(11-16)18(12-28-20)22(24)21-3-2-10-26-21/h2-12H,13H2,1H3. The van der Waals surface area contributed by atoms with Crippen LogP contribution >= 0.6 is 0 Å². The largest absolute Gasteiger partial charge is 0.497 e. The monoisotopic (exact) mass is 376 g/mol. The van der Waals surface area contributed by atoms with Crippen molar-refractivity contribution in [3.63, 3.8) is 0 Å². The average Bonchev–Trinajstić information content (AvgIpc) is 3.41. The van der Waals surface area contributed by atoms with Gasteiger partial charge in [0.2, 0.25) is 5.78 Å². The third-order valence-corrected chi connectivity index (χ3v) is 4.32. The maximum absolute atomic E-state index is 12.5. The molecular weight excluding hydrogens is 360 g/mol. The van der Waals surface area contributed by atoms with Gasteiger partial charge in [-0.1, -0.05) is 0 Å². The lowest BCUT2D eigenvalue weighted by Crippen LogP contribution is -2.11. The molecule has 0 radical (unpaired) electrons. The van der Waals surface area contributed by atoms with Gasteiger partial charge in [-0.2, -0.15) is 0 Å². The number of hydrogen-bond acceptors (Lipinski definition) is 6. The summed E-state index contributed by atoms with van der Waals surface area (Å²) < 4.78 is 21.3. The molecule has 6 nitrogen and oxygen atoms in total. The maximum atomic E-state index is 12.5. The highest BCUT2D eigenvalue weighted by atomic mass is 16.5. The molecule has 0 fully saturated rings. The van der Waals surface area contributed by atoms with E-state index in [1.54, 1.807) is 61.7 Å². The van der Waals surface area contributed by atoms with E-state index in [4.69, 9.17) is 18.3 Å². The van der Waals surface area contributed by atoms with E-state index in [-0.39, 0.29) is 23.9 Å². The van der Waals surface area contributed by atoms with E-state index in [2.05, 4.69) is 0 Å². The Balaban J connectivity index is 1.52. The first-order chi connectivity index (χ1) is 13.7. The summed E-state index contributed by atoms with van der Waals surface area (Å²) in [6.45, 7) is -0.128. The first kappa shape index (κ1) is 17.6. The van der Waals surface area contributed by atoms with Gasteiger partial charge in [0, 0.05) is 10.9 Å². The highest BCUT2D eigenvalue weighted by Gasteiger charge is 2.18. The third-order valence-electron chi connectivity index (χ3n) is 4.32. The van der Waals surface area contributed by atoms with E-state index < -0.39 is 0 Å². The van der Waals surface area contributed by atoms with Gasteiger partial charge < -0.3 is 18.3 Å². The van der Waals surface area contributed by atoms with E-state index in [9.17, 15) is 9.59 Å². The molecule has 2 heterocycles. The van der Waals surface area contributed by atoms with Crippen LogP contribution in [0.15, 0.2) is 76.0 Å². The van der Waals surface area contributed by atoms with E-state index in [1.165, 1.54) is 12.5 Å². The van der Waals surface area contributed by atoms with Crippen LogP contribution in [0.25, 0.3) is 11.0 Å². The number of methoxy groups -OCH3 is 1. The summed E-state index contributed by atoms with van der Waals surface area (Å²) in [5, 5.41) is 0.593. The minimum absolute atomic E-state index is 0.128. The SMILES string of the molecule is COc1ccc(C(=O)COc2ccc3occ(C(=O)c4ccco4)c3c2)cc1. The third kappa shape index (κ3) is 3.40. The number of carbonyl (C=O) groups excluding carboxylic acids is 2. The first-order valence-corrected chi connectivity index (χ1v) is 8.55. The minimum atomic E-state index is -0.282. The summed E-state index contributed by atoms with van der Waals surface area (Å²) >= 11 is 0. The van der Waals surface area contributed by atoms with Crippen molar-refractivity contribution in [3.05, 3.63) is 84.0 Å². The fourth-order valence-corrected chi connectivity index (χ4v) is 2.82. The molecule has 0 aliphatic carbocycles. The van der Waals surface area contributed by atoms with Gasteiger partial charge in [-0.05, 0) is 54.6 Å². The molecule has 0 N–H and O–H groups in total. The van der Waals surface area contributed by atoms with Crippen molar-refractivity contribution in [1.29, 1.82) is 0 Å². The Hall–Kier alpha value is -3.80. The number of benzene rings is 2. The minimum Gasteiger partial charge on any atom is -0.497 e. The van der Waals surface area contributed by atoms with Gasteiger partial charge in [0.15, 0.2) is 18.2 Å². The molecule has 0 saturated heterocycles. The molecule has 0 bridgehead atoms. The van der Waals surface area contributed by atoms with E-state index >= 15 is 0 Å². The normalized spacial score (nSPS) is 10.8. The number of furan rings is 2. The quantitative estimate of drug-likeness (QED) is 0.441. The molecule has 0 atom stereocenters. The Bertz CT molecular complexity index is 1120. The zero-order valence-corrected chi connectivity index (χ0v) is 15.0. The number of hydrogen-bond donors (Lipinski definition) is 0. The Morgan fingerprint density at radius 2 is 1.75 bits per heavy atom. The molecule has 0 saturated carbocycles. The van der Waals surface area contributed by atoms with Crippen LogP contribution in [0.5, 0.6) is 11.5 Å². The number of ketones is 2. The highest BCUT2D eigenvalue weighted by molar-refractivity contribution is 6.14. The van der Waals surface area contributed by atoms with Gasteiger partial charge in [0.1, 0.15) is 23.3 Å². The summed E-state index contributed by atoms with van der Waals surface area (Å²) in [4.78, 5) is 24.8. The lowest BCUT2D eigenvalue weighted by atomic mass is 10.1. The van der Waals surface area contributed by atoms with Crippen molar-refractivity contribution < 1.29 is 27.9 Å². The number of rotatable bonds is 7. The fraction of sp³-hybridized carbons (Fsp3) is 0.0909. The molecule has 2 aromatic carbocycles. The fourth-order valence-electron chi connectivity index (χ4n) is 2.82. The summed E-state index contributed by atoms with van der Waals surface area (Å²) in [6, 6.07) is 15.1. The van der Waals surface area contributed by atoms with Crippen LogP contribution in [0.3, 0.4) is 0 Å². The van der Waals surface area contributed by atoms with Gasteiger partial charge >= 0.3 is 0 Å². The van der Waals surface area contributed by atoms with Crippen LogP contribution in [0.2, 0.25) is 0 Å². The Morgan fingerprint density at radius 3 is 2.46 bits per heavy atom. The van der Waals surface area contributed by atoms with Gasteiger partial charge in [0.25, 0.3) is 0 Å². The number of fused-ring (bicyclic) bond motifs is 1. The lowest BCUT2D eigenvalue weighted by Gasteiger charge is -2.06. The molecule has 2 aromatic heterocycles. The van der Waals surface area contributed by atoms with Gasteiger partial charge in [-0.3, -0.25) is 9.59 Å². The molecule has 0 aliphatic rings. The van der Waals surface area contributed by atoms with Crippen LogP contribution in [0.4, 0.5) is 0 Å². The molecule has 6 heteroatoms. The maximum Gasteiger partial charge on any atom is 0.232 e. The molecule has 4 rings (SSSR count). The molecule has 28 heavy (non-hydrogen) atoms. The highest BCUT2D eigenvalue weighted by Crippen LogP contribution is 2.28. The molecular formula is C22H16O6. The molecule has 0 unspecified atom stereocenters. The van der Waals surface area contributed by atoms with E-state index in [0.717, 1.165) is 0 Å². The van der Waals surface area contributed by atoms with E-state index in [0.29, 0.717) is 33.6 Å².